The summed E-state index contributed by atoms with van der Waals surface area (Å²) in [6.45, 7) is 7.84. The molecular formula is C23H34N2O3. The molecule has 2 aliphatic heterocycles. The average Bonchev–Trinajstić information content (AvgIpc) is 3.20. The number of nitrogens with one attached hydrogen (secondary N) is 1. The van der Waals surface area contributed by atoms with Crippen molar-refractivity contribution in [1.82, 2.24) is 10.2 Å². The fourth-order valence-corrected chi connectivity index (χ4v) is 4.16. The summed E-state index contributed by atoms with van der Waals surface area (Å²) in [4.78, 5) is 27.1. The Morgan fingerprint density at radius 1 is 1.14 bits per heavy atom. The SMILES string of the molecule is CC(C)Cc1ccc(C(=O)C2CCN(CC(=O)NCC3CCCO3)CC2)cc1. The first-order valence-electron chi connectivity index (χ1n) is 10.7. The summed E-state index contributed by atoms with van der Waals surface area (Å²) >= 11 is 0. The highest BCUT2D eigenvalue weighted by Crippen LogP contribution is 2.22. The van der Waals surface area contributed by atoms with Crippen LogP contribution in [0.1, 0.15) is 55.5 Å². The molecule has 0 bridgehead atoms. The van der Waals surface area contributed by atoms with E-state index in [1.54, 1.807) is 0 Å². The number of ketones is 1. The molecule has 5 heteroatoms. The largest absolute Gasteiger partial charge is 0.376 e. The minimum absolute atomic E-state index is 0.0565. The summed E-state index contributed by atoms with van der Waals surface area (Å²) in [7, 11) is 0. The third kappa shape index (κ3) is 6.14. The van der Waals surface area contributed by atoms with Crippen LogP contribution in [0.4, 0.5) is 0 Å². The Balaban J connectivity index is 1.40. The lowest BCUT2D eigenvalue weighted by Crippen LogP contribution is -2.44. The van der Waals surface area contributed by atoms with Crippen molar-refractivity contribution in [3.05, 3.63) is 35.4 Å². The van der Waals surface area contributed by atoms with Gasteiger partial charge in [0.15, 0.2) is 5.78 Å². The molecule has 3 rings (SSSR count). The quantitative estimate of drug-likeness (QED) is 0.698. The molecule has 0 saturated carbocycles. The number of carbonyl (C=O) groups excluding carboxylic acids is 2. The van der Waals surface area contributed by atoms with E-state index < -0.39 is 0 Å². The van der Waals surface area contributed by atoms with Gasteiger partial charge in [-0.05, 0) is 56.7 Å². The molecule has 0 aromatic heterocycles. The van der Waals surface area contributed by atoms with Crippen LogP contribution in [0.25, 0.3) is 0 Å². The molecular weight excluding hydrogens is 352 g/mol. The van der Waals surface area contributed by atoms with Gasteiger partial charge in [-0.15, -0.1) is 0 Å². The molecule has 5 nitrogen and oxygen atoms in total. The second-order valence-electron chi connectivity index (χ2n) is 8.65. The van der Waals surface area contributed by atoms with Gasteiger partial charge in [0.2, 0.25) is 5.91 Å². The molecule has 1 N–H and O–H groups in total. The van der Waals surface area contributed by atoms with E-state index in [4.69, 9.17) is 4.74 Å². The van der Waals surface area contributed by atoms with E-state index in [0.29, 0.717) is 19.0 Å². The Kier molecular flexibility index (Phi) is 7.63. The van der Waals surface area contributed by atoms with Crippen LogP contribution in [0.5, 0.6) is 0 Å². The maximum Gasteiger partial charge on any atom is 0.234 e. The van der Waals surface area contributed by atoms with Gasteiger partial charge in [-0.2, -0.15) is 0 Å². The fraction of sp³-hybridized carbons (Fsp3) is 0.652. The zero-order valence-electron chi connectivity index (χ0n) is 17.3. The van der Waals surface area contributed by atoms with Crippen LogP contribution in [0.3, 0.4) is 0 Å². The van der Waals surface area contributed by atoms with E-state index in [1.807, 2.05) is 12.1 Å². The predicted octanol–water partition coefficient (Wildman–Crippen LogP) is 3.08. The van der Waals surface area contributed by atoms with Crippen molar-refractivity contribution < 1.29 is 14.3 Å². The molecule has 0 radical (unpaired) electrons. The van der Waals surface area contributed by atoms with E-state index >= 15 is 0 Å². The van der Waals surface area contributed by atoms with Crippen molar-refractivity contribution in [3.63, 3.8) is 0 Å². The first-order valence-corrected chi connectivity index (χ1v) is 10.7. The van der Waals surface area contributed by atoms with Gasteiger partial charge in [-0.25, -0.2) is 0 Å². The summed E-state index contributed by atoms with van der Waals surface area (Å²) in [6.07, 6.45) is 4.99. The van der Waals surface area contributed by atoms with Crippen molar-refractivity contribution in [2.75, 3.05) is 32.8 Å². The van der Waals surface area contributed by atoms with Gasteiger partial charge in [0, 0.05) is 24.6 Å². The lowest BCUT2D eigenvalue weighted by Gasteiger charge is -2.30. The fourth-order valence-electron chi connectivity index (χ4n) is 4.16. The Morgan fingerprint density at radius 3 is 2.46 bits per heavy atom. The summed E-state index contributed by atoms with van der Waals surface area (Å²) in [5.74, 6) is 0.996. The summed E-state index contributed by atoms with van der Waals surface area (Å²) in [6, 6.07) is 8.12. The molecule has 1 amide bonds. The summed E-state index contributed by atoms with van der Waals surface area (Å²) in [5, 5.41) is 2.98. The summed E-state index contributed by atoms with van der Waals surface area (Å²) in [5.41, 5.74) is 2.11. The zero-order valence-corrected chi connectivity index (χ0v) is 17.3. The molecule has 28 heavy (non-hydrogen) atoms. The topological polar surface area (TPSA) is 58.6 Å². The van der Waals surface area contributed by atoms with Crippen molar-refractivity contribution >= 4 is 11.7 Å². The Morgan fingerprint density at radius 2 is 1.86 bits per heavy atom. The number of carbonyl (C=O) groups is 2. The van der Waals surface area contributed by atoms with Gasteiger partial charge in [0.05, 0.1) is 12.6 Å². The van der Waals surface area contributed by atoms with Gasteiger partial charge < -0.3 is 10.1 Å². The van der Waals surface area contributed by atoms with Crippen LogP contribution in [0.2, 0.25) is 0 Å². The molecule has 2 aliphatic rings. The zero-order chi connectivity index (χ0) is 19.9. The lowest BCUT2D eigenvalue weighted by atomic mass is 9.88. The highest BCUT2D eigenvalue weighted by molar-refractivity contribution is 5.98. The Bertz CT molecular complexity index is 642. The highest BCUT2D eigenvalue weighted by atomic mass is 16.5. The molecule has 1 aromatic carbocycles. The summed E-state index contributed by atoms with van der Waals surface area (Å²) < 4.78 is 5.54. The lowest BCUT2D eigenvalue weighted by molar-refractivity contribution is -0.123. The van der Waals surface area contributed by atoms with Crippen molar-refractivity contribution in [3.8, 4) is 0 Å². The third-order valence-electron chi connectivity index (χ3n) is 5.76. The smallest absolute Gasteiger partial charge is 0.234 e. The number of likely N-dealkylation sites (tertiary alicyclic amines) is 1. The Hall–Kier alpha value is -1.72. The maximum absolute atomic E-state index is 12.8. The highest BCUT2D eigenvalue weighted by Gasteiger charge is 2.27. The molecule has 2 fully saturated rings. The number of Topliss-reactive ketones (excluding diaryl/α,β-unsaturated/α-hetero) is 1. The predicted molar refractivity (Wildman–Crippen MR) is 110 cm³/mol. The van der Waals surface area contributed by atoms with Crippen LogP contribution < -0.4 is 5.32 Å². The van der Waals surface area contributed by atoms with E-state index in [2.05, 4.69) is 36.2 Å². The van der Waals surface area contributed by atoms with Crippen molar-refractivity contribution in [2.24, 2.45) is 11.8 Å². The number of benzene rings is 1. The molecule has 0 spiro atoms. The number of piperidine rings is 1. The number of ether oxygens (including phenoxy) is 1. The van der Waals surface area contributed by atoms with Crippen LogP contribution in [-0.2, 0) is 16.0 Å². The molecule has 2 saturated heterocycles. The number of rotatable bonds is 8. The van der Waals surface area contributed by atoms with Gasteiger partial charge in [-0.3, -0.25) is 14.5 Å². The van der Waals surface area contributed by atoms with Crippen LogP contribution in [-0.4, -0.2) is 55.5 Å². The molecule has 1 atom stereocenters. The normalized spacial score (nSPS) is 21.2. The van der Waals surface area contributed by atoms with E-state index in [-0.39, 0.29) is 23.7 Å². The molecule has 154 valence electrons. The van der Waals surface area contributed by atoms with Crippen molar-refractivity contribution in [2.45, 2.75) is 52.1 Å². The third-order valence-corrected chi connectivity index (χ3v) is 5.76. The molecule has 1 unspecified atom stereocenters. The minimum Gasteiger partial charge on any atom is -0.376 e. The number of hydrogen-bond donors (Lipinski definition) is 1. The van der Waals surface area contributed by atoms with Crippen LogP contribution >= 0.6 is 0 Å². The number of amides is 1. The monoisotopic (exact) mass is 386 g/mol. The standard InChI is InChI=1S/C23H34N2O3/c1-17(2)14-18-5-7-19(8-6-18)23(27)20-9-11-25(12-10-20)16-22(26)24-15-21-4-3-13-28-21/h5-8,17,20-21H,3-4,9-16H2,1-2H3,(H,24,26). The Labute approximate surface area is 168 Å². The van der Waals surface area contributed by atoms with Crippen molar-refractivity contribution in [1.29, 1.82) is 0 Å². The number of nitrogens with zero attached hydrogens (tertiary/aromatic N) is 1. The van der Waals surface area contributed by atoms with Crippen LogP contribution in [0.15, 0.2) is 24.3 Å². The second-order valence-corrected chi connectivity index (χ2v) is 8.65. The van der Waals surface area contributed by atoms with Gasteiger partial charge in [-0.1, -0.05) is 38.1 Å². The van der Waals surface area contributed by atoms with Gasteiger partial charge in [0.25, 0.3) is 0 Å². The van der Waals surface area contributed by atoms with Crippen LogP contribution in [0, 0.1) is 11.8 Å². The molecule has 1 aromatic rings. The molecule has 0 aliphatic carbocycles. The van der Waals surface area contributed by atoms with Gasteiger partial charge in [0.1, 0.15) is 0 Å². The first kappa shape index (κ1) is 21.0. The second kappa shape index (κ2) is 10.2. The van der Waals surface area contributed by atoms with E-state index in [1.165, 1.54) is 5.56 Å². The number of hydrogen-bond acceptors (Lipinski definition) is 4. The van der Waals surface area contributed by atoms with E-state index in [0.717, 1.165) is 57.4 Å². The average molecular weight is 387 g/mol. The van der Waals surface area contributed by atoms with Gasteiger partial charge >= 0.3 is 0 Å². The molecule has 2 heterocycles. The maximum atomic E-state index is 12.8. The minimum atomic E-state index is 0.0565. The first-order chi connectivity index (χ1) is 13.5. The van der Waals surface area contributed by atoms with E-state index in [9.17, 15) is 9.59 Å².